The monoisotopic (exact) mass is 270 g/mol. The maximum Gasteiger partial charge on any atom is 0.164 e. The molecular formula is C13H26N4O2. The van der Waals surface area contributed by atoms with Crippen molar-refractivity contribution >= 4 is 0 Å². The first kappa shape index (κ1) is 16.1. The van der Waals surface area contributed by atoms with Gasteiger partial charge >= 0.3 is 0 Å². The molecule has 0 spiro atoms. The van der Waals surface area contributed by atoms with Gasteiger partial charge in [0.1, 0.15) is 6.33 Å². The summed E-state index contributed by atoms with van der Waals surface area (Å²) < 4.78 is 12.3. The van der Waals surface area contributed by atoms with Crippen LogP contribution in [-0.2, 0) is 22.6 Å². The third-order valence-electron chi connectivity index (χ3n) is 2.65. The highest BCUT2D eigenvalue weighted by atomic mass is 16.5. The van der Waals surface area contributed by atoms with E-state index in [1.54, 1.807) is 13.4 Å². The first-order valence-electron chi connectivity index (χ1n) is 6.88. The van der Waals surface area contributed by atoms with Gasteiger partial charge in [-0.3, -0.25) is 4.68 Å². The van der Waals surface area contributed by atoms with Crippen LogP contribution in [0.25, 0.3) is 0 Å². The quantitative estimate of drug-likeness (QED) is 0.610. The van der Waals surface area contributed by atoms with Crippen LogP contribution < -0.4 is 5.32 Å². The Labute approximate surface area is 115 Å². The van der Waals surface area contributed by atoms with E-state index in [0.29, 0.717) is 25.7 Å². The fourth-order valence-corrected chi connectivity index (χ4v) is 1.48. The minimum atomic E-state index is 0.671. The molecule has 0 aromatic carbocycles. The van der Waals surface area contributed by atoms with E-state index in [4.69, 9.17) is 9.47 Å². The first-order valence-corrected chi connectivity index (χ1v) is 6.88. The predicted molar refractivity (Wildman–Crippen MR) is 73.9 cm³/mol. The van der Waals surface area contributed by atoms with Gasteiger partial charge in [-0.2, -0.15) is 5.10 Å². The number of hydrogen-bond donors (Lipinski definition) is 1. The van der Waals surface area contributed by atoms with Gasteiger partial charge < -0.3 is 14.8 Å². The molecule has 1 N–H and O–H groups in total. The Morgan fingerprint density at radius 1 is 1.32 bits per heavy atom. The number of aromatic nitrogens is 3. The Balaban J connectivity index is 2.09. The summed E-state index contributed by atoms with van der Waals surface area (Å²) >= 11 is 0. The van der Waals surface area contributed by atoms with E-state index in [1.807, 2.05) is 4.68 Å². The van der Waals surface area contributed by atoms with Gasteiger partial charge in [0.2, 0.25) is 0 Å². The second kappa shape index (κ2) is 9.89. The number of ether oxygens (including phenoxy) is 2. The molecule has 6 heteroatoms. The molecule has 1 rings (SSSR count). The number of nitrogens with one attached hydrogen (secondary N) is 1. The lowest BCUT2D eigenvalue weighted by Crippen LogP contribution is -2.19. The fourth-order valence-electron chi connectivity index (χ4n) is 1.48. The molecular weight excluding hydrogens is 244 g/mol. The van der Waals surface area contributed by atoms with E-state index in [2.05, 4.69) is 29.2 Å². The zero-order chi connectivity index (χ0) is 13.9. The zero-order valence-electron chi connectivity index (χ0n) is 12.3. The number of methoxy groups -OCH3 is 1. The zero-order valence-corrected chi connectivity index (χ0v) is 12.3. The maximum absolute atomic E-state index is 5.55. The predicted octanol–water partition coefficient (Wildman–Crippen LogP) is 1.08. The van der Waals surface area contributed by atoms with Crippen LogP contribution >= 0.6 is 0 Å². The van der Waals surface area contributed by atoms with Crippen molar-refractivity contribution in [1.82, 2.24) is 20.1 Å². The normalized spacial score (nSPS) is 11.4. The minimum Gasteiger partial charge on any atom is -0.383 e. The molecule has 6 nitrogen and oxygen atoms in total. The van der Waals surface area contributed by atoms with Gasteiger partial charge in [-0.15, -0.1) is 0 Å². The summed E-state index contributed by atoms with van der Waals surface area (Å²) in [6, 6.07) is 0. The lowest BCUT2D eigenvalue weighted by Gasteiger charge is -2.06. The van der Waals surface area contributed by atoms with Crippen molar-refractivity contribution in [3.63, 3.8) is 0 Å². The van der Waals surface area contributed by atoms with E-state index in [-0.39, 0.29) is 0 Å². The van der Waals surface area contributed by atoms with Gasteiger partial charge in [0.25, 0.3) is 0 Å². The molecule has 0 unspecified atom stereocenters. The van der Waals surface area contributed by atoms with Gasteiger partial charge in [0.15, 0.2) is 5.82 Å². The van der Waals surface area contributed by atoms with Crippen molar-refractivity contribution in [3.05, 3.63) is 12.2 Å². The van der Waals surface area contributed by atoms with Crippen molar-refractivity contribution in [2.24, 2.45) is 5.92 Å². The first-order chi connectivity index (χ1) is 9.22. The Morgan fingerprint density at radius 3 is 2.89 bits per heavy atom. The highest BCUT2D eigenvalue weighted by molar-refractivity contribution is 4.80. The van der Waals surface area contributed by atoms with Gasteiger partial charge in [-0.25, -0.2) is 4.98 Å². The molecule has 0 bridgehead atoms. The molecule has 0 aliphatic heterocycles. The number of rotatable bonds is 11. The molecule has 19 heavy (non-hydrogen) atoms. The van der Waals surface area contributed by atoms with Crippen LogP contribution in [0.4, 0.5) is 0 Å². The summed E-state index contributed by atoms with van der Waals surface area (Å²) in [5.41, 5.74) is 0. The number of hydrogen-bond acceptors (Lipinski definition) is 5. The Kier molecular flexibility index (Phi) is 8.36. The Morgan fingerprint density at radius 2 is 2.16 bits per heavy atom. The van der Waals surface area contributed by atoms with Crippen molar-refractivity contribution < 1.29 is 9.47 Å². The van der Waals surface area contributed by atoms with E-state index >= 15 is 0 Å². The largest absolute Gasteiger partial charge is 0.383 e. The molecule has 1 aromatic rings. The SMILES string of the molecule is COCCNCc1ncn(CCOCCC(C)C)n1. The summed E-state index contributed by atoms with van der Waals surface area (Å²) in [5.74, 6) is 1.49. The van der Waals surface area contributed by atoms with Crippen molar-refractivity contribution in [2.75, 3.05) is 33.5 Å². The Bertz CT molecular complexity index is 328. The molecule has 0 amide bonds. The molecule has 0 aliphatic rings. The second-order valence-electron chi connectivity index (χ2n) is 4.89. The molecule has 1 aromatic heterocycles. The van der Waals surface area contributed by atoms with E-state index in [1.165, 1.54) is 0 Å². The van der Waals surface area contributed by atoms with Gasteiger partial charge in [0, 0.05) is 20.3 Å². The molecule has 0 fully saturated rings. The van der Waals surface area contributed by atoms with Crippen LogP contribution in [0, 0.1) is 5.92 Å². The van der Waals surface area contributed by atoms with Crippen LogP contribution in [0.1, 0.15) is 26.1 Å². The van der Waals surface area contributed by atoms with E-state index in [9.17, 15) is 0 Å². The van der Waals surface area contributed by atoms with Crippen molar-refractivity contribution in [2.45, 2.75) is 33.4 Å². The molecule has 0 atom stereocenters. The molecule has 0 radical (unpaired) electrons. The lowest BCUT2D eigenvalue weighted by molar-refractivity contribution is 0.114. The third kappa shape index (κ3) is 7.92. The van der Waals surface area contributed by atoms with Crippen molar-refractivity contribution in [1.29, 1.82) is 0 Å². The van der Waals surface area contributed by atoms with Crippen LogP contribution in [0.5, 0.6) is 0 Å². The Hall–Kier alpha value is -0.980. The van der Waals surface area contributed by atoms with Crippen LogP contribution in [0.3, 0.4) is 0 Å². The standard InChI is InChI=1S/C13H26N4O2/c1-12(2)4-7-19-9-6-17-11-15-13(16-17)10-14-5-8-18-3/h11-12,14H,4-10H2,1-3H3. The van der Waals surface area contributed by atoms with Gasteiger partial charge in [-0.05, 0) is 12.3 Å². The summed E-state index contributed by atoms with van der Waals surface area (Å²) in [6.45, 7) is 8.83. The summed E-state index contributed by atoms with van der Waals surface area (Å²) in [6.07, 6.45) is 2.85. The van der Waals surface area contributed by atoms with E-state index < -0.39 is 0 Å². The molecule has 110 valence electrons. The molecule has 1 heterocycles. The molecule has 0 saturated heterocycles. The topological polar surface area (TPSA) is 61.2 Å². The van der Waals surface area contributed by atoms with Gasteiger partial charge in [-0.1, -0.05) is 13.8 Å². The highest BCUT2D eigenvalue weighted by Gasteiger charge is 2.00. The summed E-state index contributed by atoms with van der Waals surface area (Å²) in [5, 5.41) is 7.57. The lowest BCUT2D eigenvalue weighted by atomic mass is 10.1. The maximum atomic E-state index is 5.55. The average molecular weight is 270 g/mol. The highest BCUT2D eigenvalue weighted by Crippen LogP contribution is 1.99. The van der Waals surface area contributed by atoms with Crippen LogP contribution in [0.15, 0.2) is 6.33 Å². The molecule has 0 saturated carbocycles. The number of nitrogens with zero attached hydrogens (tertiary/aromatic N) is 3. The van der Waals surface area contributed by atoms with E-state index in [0.717, 1.165) is 31.9 Å². The smallest absolute Gasteiger partial charge is 0.164 e. The third-order valence-corrected chi connectivity index (χ3v) is 2.65. The fraction of sp³-hybridized carbons (Fsp3) is 0.846. The van der Waals surface area contributed by atoms with Crippen molar-refractivity contribution in [3.8, 4) is 0 Å². The second-order valence-corrected chi connectivity index (χ2v) is 4.89. The minimum absolute atomic E-state index is 0.671. The summed E-state index contributed by atoms with van der Waals surface area (Å²) in [4.78, 5) is 4.23. The van der Waals surface area contributed by atoms with Crippen LogP contribution in [-0.4, -0.2) is 48.2 Å². The van der Waals surface area contributed by atoms with Crippen LogP contribution in [0.2, 0.25) is 0 Å². The van der Waals surface area contributed by atoms with Gasteiger partial charge in [0.05, 0.1) is 26.3 Å². The average Bonchev–Trinajstić information content (AvgIpc) is 2.82. The summed E-state index contributed by atoms with van der Waals surface area (Å²) in [7, 11) is 1.69. The molecule has 0 aliphatic carbocycles.